The zero-order valence-electron chi connectivity index (χ0n) is 12.1. The Morgan fingerprint density at radius 3 is 2.53 bits per heavy atom. The molecule has 5 nitrogen and oxygen atoms in total. The van der Waals surface area contributed by atoms with Crippen molar-refractivity contribution in [3.8, 4) is 0 Å². The average molecular weight is 268 g/mol. The molecule has 0 aromatic rings. The van der Waals surface area contributed by atoms with E-state index in [4.69, 9.17) is 0 Å². The first-order valence-corrected chi connectivity index (χ1v) is 7.01. The van der Waals surface area contributed by atoms with Gasteiger partial charge in [0.25, 0.3) is 0 Å². The maximum atomic E-state index is 12.2. The highest BCUT2D eigenvalue weighted by Crippen LogP contribution is 2.40. The molecule has 0 aromatic heterocycles. The lowest BCUT2D eigenvalue weighted by Gasteiger charge is -2.49. The molecule has 5 heteroatoms. The van der Waals surface area contributed by atoms with Crippen molar-refractivity contribution in [2.45, 2.75) is 58.7 Å². The van der Waals surface area contributed by atoms with Crippen molar-refractivity contribution in [3.05, 3.63) is 0 Å². The molecule has 3 atom stereocenters. The predicted molar refractivity (Wildman–Crippen MR) is 71.3 cm³/mol. The van der Waals surface area contributed by atoms with Gasteiger partial charge in [0.2, 0.25) is 11.8 Å². The van der Waals surface area contributed by atoms with Gasteiger partial charge in [-0.25, -0.2) is 0 Å². The van der Waals surface area contributed by atoms with Gasteiger partial charge in [-0.3, -0.25) is 9.59 Å². The molecule has 2 amide bonds. The second-order valence-electron chi connectivity index (χ2n) is 6.67. The molecule has 2 rings (SSSR count). The number of nitrogens with one attached hydrogen (secondary N) is 1. The van der Waals surface area contributed by atoms with E-state index in [0.29, 0.717) is 19.4 Å². The third-order valence-corrected chi connectivity index (χ3v) is 4.68. The number of hydrogen-bond acceptors (Lipinski definition) is 3. The van der Waals surface area contributed by atoms with Gasteiger partial charge >= 0.3 is 0 Å². The van der Waals surface area contributed by atoms with Gasteiger partial charge in [0.1, 0.15) is 0 Å². The zero-order valence-corrected chi connectivity index (χ0v) is 12.1. The summed E-state index contributed by atoms with van der Waals surface area (Å²) in [7, 11) is 0. The number of rotatable bonds is 3. The summed E-state index contributed by atoms with van der Waals surface area (Å²) in [6.07, 6.45) is 0.558. The monoisotopic (exact) mass is 268 g/mol. The van der Waals surface area contributed by atoms with Crippen LogP contribution in [0.15, 0.2) is 0 Å². The molecule has 1 saturated carbocycles. The Kier molecular flexibility index (Phi) is 3.60. The molecule has 0 aromatic carbocycles. The highest BCUT2D eigenvalue weighted by Gasteiger charge is 2.49. The highest BCUT2D eigenvalue weighted by atomic mass is 16.3. The second kappa shape index (κ2) is 4.78. The number of nitrogens with zero attached hydrogens (tertiary/aromatic N) is 1. The van der Waals surface area contributed by atoms with Gasteiger partial charge in [0.05, 0.1) is 12.0 Å². The number of carbonyl (C=O) groups excluding carboxylic acids is 2. The fourth-order valence-corrected chi connectivity index (χ4v) is 2.84. The van der Waals surface area contributed by atoms with Crippen molar-refractivity contribution in [3.63, 3.8) is 0 Å². The number of carbonyl (C=O) groups is 2. The molecule has 2 N–H and O–H groups in total. The van der Waals surface area contributed by atoms with Crippen molar-refractivity contribution < 1.29 is 14.7 Å². The summed E-state index contributed by atoms with van der Waals surface area (Å²) in [6, 6.07) is 0.158. The number of aliphatic hydroxyl groups is 1. The Bertz CT molecular complexity index is 392. The van der Waals surface area contributed by atoms with Gasteiger partial charge < -0.3 is 15.3 Å². The van der Waals surface area contributed by atoms with E-state index in [1.165, 1.54) is 0 Å². The molecule has 1 saturated heterocycles. The first kappa shape index (κ1) is 14.3. The Labute approximate surface area is 114 Å². The van der Waals surface area contributed by atoms with Gasteiger partial charge in [-0.15, -0.1) is 0 Å². The van der Waals surface area contributed by atoms with E-state index >= 15 is 0 Å². The first-order chi connectivity index (χ1) is 8.73. The molecular weight excluding hydrogens is 244 g/mol. The molecule has 108 valence electrons. The summed E-state index contributed by atoms with van der Waals surface area (Å²) >= 11 is 0. The normalized spacial score (nSPS) is 33.5. The third-order valence-electron chi connectivity index (χ3n) is 4.68. The summed E-state index contributed by atoms with van der Waals surface area (Å²) in [5.74, 6) is -0.243. The van der Waals surface area contributed by atoms with E-state index in [1.807, 2.05) is 27.7 Å². The van der Waals surface area contributed by atoms with Crippen LogP contribution in [0.3, 0.4) is 0 Å². The zero-order chi connectivity index (χ0) is 14.4. The molecule has 3 unspecified atom stereocenters. The fraction of sp³-hybridized carbons (Fsp3) is 0.857. The minimum absolute atomic E-state index is 0.0122. The number of likely N-dealkylation sites (tertiary alicyclic amines) is 1. The van der Waals surface area contributed by atoms with Crippen molar-refractivity contribution in [1.82, 2.24) is 10.2 Å². The minimum Gasteiger partial charge on any atom is -0.392 e. The van der Waals surface area contributed by atoms with E-state index in [0.717, 1.165) is 0 Å². The molecule has 0 spiro atoms. The summed E-state index contributed by atoms with van der Waals surface area (Å²) in [5.41, 5.74) is -0.268. The minimum atomic E-state index is -0.352. The van der Waals surface area contributed by atoms with Crippen LogP contribution in [0.1, 0.15) is 40.5 Å². The van der Waals surface area contributed by atoms with Crippen LogP contribution in [-0.2, 0) is 9.59 Å². The summed E-state index contributed by atoms with van der Waals surface area (Å²) in [4.78, 5) is 25.7. The Morgan fingerprint density at radius 1 is 1.47 bits per heavy atom. The van der Waals surface area contributed by atoms with Crippen LogP contribution in [0.25, 0.3) is 0 Å². The maximum absolute atomic E-state index is 12.2. The molecule has 19 heavy (non-hydrogen) atoms. The lowest BCUT2D eigenvalue weighted by molar-refractivity contribution is -0.133. The lowest BCUT2D eigenvalue weighted by Crippen LogP contribution is -2.61. The summed E-state index contributed by atoms with van der Waals surface area (Å²) in [5, 5.41) is 12.6. The van der Waals surface area contributed by atoms with Gasteiger partial charge in [-0.05, 0) is 20.3 Å². The average Bonchev–Trinajstić information content (AvgIpc) is 2.71. The maximum Gasteiger partial charge on any atom is 0.225 e. The highest BCUT2D eigenvalue weighted by molar-refractivity contribution is 5.89. The molecule has 2 aliphatic rings. The first-order valence-electron chi connectivity index (χ1n) is 7.01. The Balaban J connectivity index is 1.91. The molecule has 0 radical (unpaired) electrons. The van der Waals surface area contributed by atoms with Gasteiger partial charge in [-0.1, -0.05) is 13.8 Å². The van der Waals surface area contributed by atoms with E-state index in [1.54, 1.807) is 4.90 Å². The number of amides is 2. The molecule has 2 fully saturated rings. The van der Waals surface area contributed by atoms with Crippen LogP contribution in [0.5, 0.6) is 0 Å². The van der Waals surface area contributed by atoms with E-state index < -0.39 is 0 Å². The predicted octanol–water partition coefficient (Wildman–Crippen LogP) is 0.519. The SMILES string of the molecule is CC(C)N1CC(C(=O)NC2CC(O)C2(C)C)CC1=O. The summed E-state index contributed by atoms with van der Waals surface area (Å²) in [6.45, 7) is 8.34. The van der Waals surface area contributed by atoms with E-state index in [2.05, 4.69) is 5.32 Å². The largest absolute Gasteiger partial charge is 0.392 e. The molecular formula is C14H24N2O3. The van der Waals surface area contributed by atoms with Gasteiger partial charge in [0, 0.05) is 30.5 Å². The van der Waals surface area contributed by atoms with Gasteiger partial charge in [0.15, 0.2) is 0 Å². The molecule has 1 aliphatic heterocycles. The van der Waals surface area contributed by atoms with Crippen molar-refractivity contribution in [2.75, 3.05) is 6.54 Å². The molecule has 1 heterocycles. The number of aliphatic hydroxyl groups excluding tert-OH is 1. The lowest BCUT2D eigenvalue weighted by atomic mass is 9.64. The quantitative estimate of drug-likeness (QED) is 0.784. The van der Waals surface area contributed by atoms with Crippen LogP contribution in [-0.4, -0.2) is 46.6 Å². The fourth-order valence-electron chi connectivity index (χ4n) is 2.84. The standard InChI is InChI=1S/C14H24N2O3/c1-8(2)16-7-9(5-12(16)18)13(19)15-10-6-11(17)14(10,3)4/h8-11,17H,5-7H2,1-4H3,(H,15,19). The molecule has 1 aliphatic carbocycles. The van der Waals surface area contributed by atoms with Crippen molar-refractivity contribution >= 4 is 11.8 Å². The molecule has 0 bridgehead atoms. The van der Waals surface area contributed by atoms with Crippen LogP contribution in [0.4, 0.5) is 0 Å². The van der Waals surface area contributed by atoms with E-state index in [-0.39, 0.29) is 41.3 Å². The Morgan fingerprint density at radius 2 is 2.11 bits per heavy atom. The van der Waals surface area contributed by atoms with Crippen LogP contribution < -0.4 is 5.32 Å². The second-order valence-corrected chi connectivity index (χ2v) is 6.67. The summed E-state index contributed by atoms with van der Waals surface area (Å²) < 4.78 is 0. The van der Waals surface area contributed by atoms with Crippen LogP contribution in [0, 0.1) is 11.3 Å². The van der Waals surface area contributed by atoms with Crippen LogP contribution >= 0.6 is 0 Å². The number of hydrogen-bond donors (Lipinski definition) is 2. The Hall–Kier alpha value is -1.10. The van der Waals surface area contributed by atoms with Crippen molar-refractivity contribution in [1.29, 1.82) is 0 Å². The van der Waals surface area contributed by atoms with Crippen LogP contribution in [0.2, 0.25) is 0 Å². The van der Waals surface area contributed by atoms with Crippen molar-refractivity contribution in [2.24, 2.45) is 11.3 Å². The van der Waals surface area contributed by atoms with Gasteiger partial charge in [-0.2, -0.15) is 0 Å². The third kappa shape index (κ3) is 2.48. The topological polar surface area (TPSA) is 69.6 Å². The smallest absolute Gasteiger partial charge is 0.225 e. The van der Waals surface area contributed by atoms with E-state index in [9.17, 15) is 14.7 Å².